The monoisotopic (exact) mass is 194 g/mol. The quantitative estimate of drug-likeness (QED) is 0.728. The Kier molecular flexibility index (Phi) is 2.55. The maximum Gasteiger partial charge on any atom is 0.133 e. The summed E-state index contributed by atoms with van der Waals surface area (Å²) in [4.78, 5) is 0. The average molecular weight is 194 g/mol. The van der Waals surface area contributed by atoms with Crippen LogP contribution in [-0.4, -0.2) is 11.3 Å². The van der Waals surface area contributed by atoms with Crippen LogP contribution >= 0.6 is 0 Å². The van der Waals surface area contributed by atoms with E-state index in [0.717, 1.165) is 12.8 Å². The lowest BCUT2D eigenvalue weighted by molar-refractivity contribution is -0.0685. The van der Waals surface area contributed by atoms with Crippen LogP contribution in [0.3, 0.4) is 0 Å². The van der Waals surface area contributed by atoms with Crippen molar-refractivity contribution >= 4 is 0 Å². The molecule has 2 rings (SSSR count). The second-order valence-electron chi connectivity index (χ2n) is 4.00. The third-order valence-corrected chi connectivity index (χ3v) is 3.06. The first-order chi connectivity index (χ1) is 6.73. The highest BCUT2D eigenvalue weighted by Crippen LogP contribution is 2.38. The van der Waals surface area contributed by atoms with Crippen molar-refractivity contribution in [3.8, 4) is 0 Å². The minimum atomic E-state index is -1.24. The van der Waals surface area contributed by atoms with Crippen LogP contribution in [0, 0.1) is 0 Å². The lowest BCUT2D eigenvalue weighted by Gasteiger charge is -2.35. The molecule has 1 N–H and O–H groups in total. The van der Waals surface area contributed by atoms with Crippen LogP contribution in [0.15, 0.2) is 30.3 Å². The van der Waals surface area contributed by atoms with Gasteiger partial charge in [0.2, 0.25) is 0 Å². The molecule has 1 aliphatic carbocycles. The Morgan fingerprint density at radius 1 is 1.21 bits per heavy atom. The molecule has 0 bridgehead atoms. The zero-order valence-electron chi connectivity index (χ0n) is 8.12. The predicted octanol–water partition coefficient (Wildman–Crippen LogP) is 2.79. The fourth-order valence-electron chi connectivity index (χ4n) is 2.17. The van der Waals surface area contributed by atoms with Crippen LogP contribution in [0.4, 0.5) is 4.39 Å². The molecule has 1 saturated carbocycles. The molecule has 14 heavy (non-hydrogen) atoms. The maximum absolute atomic E-state index is 13.7. The molecule has 0 amide bonds. The minimum Gasteiger partial charge on any atom is -0.382 e. The van der Waals surface area contributed by atoms with Gasteiger partial charge < -0.3 is 5.11 Å². The second kappa shape index (κ2) is 3.70. The van der Waals surface area contributed by atoms with E-state index in [9.17, 15) is 9.50 Å². The van der Waals surface area contributed by atoms with Gasteiger partial charge in [0.05, 0.1) is 0 Å². The number of halogens is 1. The standard InChI is InChI=1S/C12H15FO/c13-11-8-4-5-9-12(11,14)10-6-2-1-3-7-10/h1-3,6-7,11,14H,4-5,8-9H2. The molecule has 0 aliphatic heterocycles. The van der Waals surface area contributed by atoms with Gasteiger partial charge in [0.1, 0.15) is 11.8 Å². The van der Waals surface area contributed by atoms with Gasteiger partial charge in [-0.15, -0.1) is 0 Å². The van der Waals surface area contributed by atoms with E-state index in [4.69, 9.17) is 0 Å². The highest BCUT2D eigenvalue weighted by atomic mass is 19.1. The van der Waals surface area contributed by atoms with Crippen molar-refractivity contribution in [2.75, 3.05) is 0 Å². The zero-order valence-corrected chi connectivity index (χ0v) is 8.12. The number of hydrogen-bond donors (Lipinski definition) is 1. The summed E-state index contributed by atoms with van der Waals surface area (Å²) in [5.41, 5.74) is -0.522. The van der Waals surface area contributed by atoms with Crippen molar-refractivity contribution in [3.63, 3.8) is 0 Å². The molecule has 1 nitrogen and oxygen atoms in total. The van der Waals surface area contributed by atoms with Crippen LogP contribution in [0.5, 0.6) is 0 Å². The Hall–Kier alpha value is -0.890. The summed E-state index contributed by atoms with van der Waals surface area (Å²) < 4.78 is 13.7. The van der Waals surface area contributed by atoms with Crippen molar-refractivity contribution in [2.24, 2.45) is 0 Å². The highest BCUT2D eigenvalue weighted by molar-refractivity contribution is 5.24. The SMILES string of the molecule is OC1(c2ccccc2)CCCCC1F. The Morgan fingerprint density at radius 3 is 2.57 bits per heavy atom. The fourth-order valence-corrected chi connectivity index (χ4v) is 2.17. The minimum absolute atomic E-state index is 0.478. The molecular weight excluding hydrogens is 179 g/mol. The molecule has 0 radical (unpaired) electrons. The molecule has 2 heteroatoms. The molecule has 0 aromatic heterocycles. The van der Waals surface area contributed by atoms with Crippen molar-refractivity contribution in [1.82, 2.24) is 0 Å². The number of rotatable bonds is 1. The molecule has 1 aromatic rings. The van der Waals surface area contributed by atoms with E-state index < -0.39 is 11.8 Å². The number of alkyl halides is 1. The van der Waals surface area contributed by atoms with E-state index in [-0.39, 0.29) is 0 Å². The summed E-state index contributed by atoms with van der Waals surface area (Å²) in [6, 6.07) is 9.17. The van der Waals surface area contributed by atoms with E-state index in [1.165, 1.54) is 0 Å². The second-order valence-corrected chi connectivity index (χ2v) is 4.00. The van der Waals surface area contributed by atoms with Gasteiger partial charge in [0.25, 0.3) is 0 Å². The Bertz CT molecular complexity index is 298. The van der Waals surface area contributed by atoms with E-state index in [2.05, 4.69) is 0 Å². The molecule has 0 spiro atoms. The number of hydrogen-bond acceptors (Lipinski definition) is 1. The zero-order chi connectivity index (χ0) is 10.0. The fraction of sp³-hybridized carbons (Fsp3) is 0.500. The van der Waals surface area contributed by atoms with Crippen LogP contribution in [0.25, 0.3) is 0 Å². The number of aliphatic hydroxyl groups is 1. The van der Waals surface area contributed by atoms with Crippen LogP contribution in [-0.2, 0) is 5.60 Å². The third kappa shape index (κ3) is 1.55. The van der Waals surface area contributed by atoms with Crippen LogP contribution in [0.1, 0.15) is 31.2 Å². The summed E-state index contributed by atoms with van der Waals surface area (Å²) in [7, 11) is 0. The van der Waals surface area contributed by atoms with Gasteiger partial charge in [0, 0.05) is 0 Å². The van der Waals surface area contributed by atoms with Gasteiger partial charge in [0.15, 0.2) is 0 Å². The smallest absolute Gasteiger partial charge is 0.133 e. The van der Waals surface area contributed by atoms with E-state index in [1.54, 1.807) is 12.1 Å². The highest BCUT2D eigenvalue weighted by Gasteiger charge is 2.40. The van der Waals surface area contributed by atoms with Crippen molar-refractivity contribution in [1.29, 1.82) is 0 Å². The molecular formula is C12H15FO. The van der Waals surface area contributed by atoms with E-state index >= 15 is 0 Å². The first kappa shape index (κ1) is 9.66. The molecule has 1 fully saturated rings. The molecule has 2 unspecified atom stereocenters. The third-order valence-electron chi connectivity index (χ3n) is 3.06. The van der Waals surface area contributed by atoms with Crippen molar-refractivity contribution < 1.29 is 9.50 Å². The molecule has 0 saturated heterocycles. The van der Waals surface area contributed by atoms with Gasteiger partial charge in [-0.05, 0) is 18.4 Å². The molecule has 1 aromatic carbocycles. The van der Waals surface area contributed by atoms with Crippen molar-refractivity contribution in [3.05, 3.63) is 35.9 Å². The van der Waals surface area contributed by atoms with E-state index in [1.807, 2.05) is 18.2 Å². The maximum atomic E-state index is 13.7. The lowest BCUT2D eigenvalue weighted by Crippen LogP contribution is -2.39. The summed E-state index contributed by atoms with van der Waals surface area (Å²) in [6.45, 7) is 0. The van der Waals surface area contributed by atoms with Crippen LogP contribution < -0.4 is 0 Å². The Morgan fingerprint density at radius 2 is 1.93 bits per heavy atom. The molecule has 0 heterocycles. The molecule has 2 atom stereocenters. The van der Waals surface area contributed by atoms with Gasteiger partial charge in [-0.3, -0.25) is 0 Å². The van der Waals surface area contributed by atoms with Gasteiger partial charge >= 0.3 is 0 Å². The normalized spacial score (nSPS) is 32.9. The number of benzene rings is 1. The lowest BCUT2D eigenvalue weighted by atomic mass is 9.78. The predicted molar refractivity (Wildman–Crippen MR) is 53.7 cm³/mol. The van der Waals surface area contributed by atoms with Gasteiger partial charge in [-0.2, -0.15) is 0 Å². The first-order valence-electron chi connectivity index (χ1n) is 5.15. The summed E-state index contributed by atoms with van der Waals surface area (Å²) >= 11 is 0. The molecule has 76 valence electrons. The topological polar surface area (TPSA) is 20.2 Å². The largest absolute Gasteiger partial charge is 0.382 e. The Labute approximate surface area is 83.6 Å². The first-order valence-corrected chi connectivity index (χ1v) is 5.15. The average Bonchev–Trinajstić information content (AvgIpc) is 2.24. The summed E-state index contributed by atoms with van der Waals surface area (Å²) in [6.07, 6.45) is 1.70. The van der Waals surface area contributed by atoms with E-state index in [0.29, 0.717) is 18.4 Å². The molecule has 1 aliphatic rings. The van der Waals surface area contributed by atoms with Gasteiger partial charge in [-0.1, -0.05) is 43.2 Å². The Balaban J connectivity index is 2.30. The summed E-state index contributed by atoms with van der Waals surface area (Å²) in [5.74, 6) is 0. The van der Waals surface area contributed by atoms with Crippen LogP contribution in [0.2, 0.25) is 0 Å². The van der Waals surface area contributed by atoms with Gasteiger partial charge in [-0.25, -0.2) is 4.39 Å². The summed E-state index contributed by atoms with van der Waals surface area (Å²) in [5, 5.41) is 10.2. The van der Waals surface area contributed by atoms with Crippen molar-refractivity contribution in [2.45, 2.75) is 37.5 Å².